The molecule has 2 aromatic carbocycles. The lowest BCUT2D eigenvalue weighted by atomic mass is 9.73. The highest BCUT2D eigenvalue weighted by Gasteiger charge is 2.38. The van der Waals surface area contributed by atoms with E-state index in [4.69, 9.17) is 4.74 Å². The first-order valence-corrected chi connectivity index (χ1v) is 12.7. The Morgan fingerprint density at radius 1 is 1.14 bits per heavy atom. The summed E-state index contributed by atoms with van der Waals surface area (Å²) in [6.07, 6.45) is 2.79. The molecule has 3 N–H and O–H groups in total. The molecule has 1 aliphatic rings. The fourth-order valence-electron chi connectivity index (χ4n) is 5.14. The van der Waals surface area contributed by atoms with E-state index in [-0.39, 0.29) is 35.9 Å². The molecule has 0 bridgehead atoms. The van der Waals surface area contributed by atoms with E-state index in [1.807, 2.05) is 0 Å². The fraction of sp³-hybridized carbons (Fsp3) is 0.552. The van der Waals surface area contributed by atoms with Gasteiger partial charge in [0, 0.05) is 32.2 Å². The molecule has 1 aliphatic carbocycles. The number of nitrogens with one attached hydrogen (secondary N) is 2. The zero-order valence-corrected chi connectivity index (χ0v) is 22.0. The summed E-state index contributed by atoms with van der Waals surface area (Å²) in [6.45, 7) is 8.13. The number of benzene rings is 2. The minimum absolute atomic E-state index is 0.00280. The van der Waals surface area contributed by atoms with Crippen molar-refractivity contribution in [3.63, 3.8) is 0 Å². The summed E-state index contributed by atoms with van der Waals surface area (Å²) in [5.41, 5.74) is 2.42. The Balaban J connectivity index is 1.83. The Labute approximate surface area is 213 Å². The lowest BCUT2D eigenvalue weighted by Gasteiger charge is -2.42. The van der Waals surface area contributed by atoms with Crippen LogP contribution in [0.5, 0.6) is 0 Å². The smallest absolute Gasteiger partial charge is 0.217 e. The van der Waals surface area contributed by atoms with Crippen molar-refractivity contribution in [2.24, 2.45) is 0 Å². The molecule has 0 radical (unpaired) electrons. The molecule has 0 unspecified atom stereocenters. The van der Waals surface area contributed by atoms with Crippen molar-refractivity contribution in [1.29, 1.82) is 0 Å². The van der Waals surface area contributed by atoms with Gasteiger partial charge in [0.05, 0.1) is 18.2 Å². The van der Waals surface area contributed by atoms with Crippen molar-refractivity contribution in [3.8, 4) is 0 Å². The van der Waals surface area contributed by atoms with Gasteiger partial charge in [0.15, 0.2) is 0 Å². The number of carbonyl (C=O) groups excluding carboxylic acids is 1. The third kappa shape index (κ3) is 7.34. The number of ether oxygens (including phenoxy) is 1. The SMILES string of the molecule is COC1CCC(NC[C@@H](O)[C@H](Cc2cc(F)cc(F)c2)NC(C)=O)(c2cccc(C(C)(C)C)c2)CC1. The number of aliphatic hydroxyl groups is 1. The summed E-state index contributed by atoms with van der Waals surface area (Å²) >= 11 is 0. The minimum atomic E-state index is -0.969. The number of halogens is 2. The summed E-state index contributed by atoms with van der Waals surface area (Å²) in [5.74, 6) is -1.69. The van der Waals surface area contributed by atoms with E-state index in [9.17, 15) is 18.7 Å². The van der Waals surface area contributed by atoms with Gasteiger partial charge < -0.3 is 20.5 Å². The van der Waals surface area contributed by atoms with Gasteiger partial charge in [-0.05, 0) is 66.3 Å². The lowest BCUT2D eigenvalue weighted by Crippen LogP contribution is -2.53. The molecule has 1 saturated carbocycles. The molecular formula is C29H40F2N2O3. The van der Waals surface area contributed by atoms with Crippen LogP contribution in [-0.4, -0.2) is 42.9 Å². The average molecular weight is 503 g/mol. The van der Waals surface area contributed by atoms with Gasteiger partial charge in [-0.2, -0.15) is 0 Å². The van der Waals surface area contributed by atoms with Crippen LogP contribution in [0.2, 0.25) is 0 Å². The maximum atomic E-state index is 13.7. The van der Waals surface area contributed by atoms with Crippen molar-refractivity contribution in [3.05, 3.63) is 70.8 Å². The molecule has 0 saturated heterocycles. The molecular weight excluding hydrogens is 462 g/mol. The monoisotopic (exact) mass is 502 g/mol. The molecule has 3 rings (SSSR count). The van der Waals surface area contributed by atoms with Crippen LogP contribution in [0.4, 0.5) is 8.78 Å². The van der Waals surface area contributed by atoms with Crippen LogP contribution in [0.25, 0.3) is 0 Å². The number of rotatable bonds is 9. The first-order valence-electron chi connectivity index (χ1n) is 12.7. The summed E-state index contributed by atoms with van der Waals surface area (Å²) < 4.78 is 33.1. The molecule has 0 aromatic heterocycles. The first kappa shape index (κ1) is 28.2. The zero-order chi connectivity index (χ0) is 26.5. The van der Waals surface area contributed by atoms with E-state index < -0.39 is 23.8 Å². The number of hydrogen-bond acceptors (Lipinski definition) is 4. The summed E-state index contributed by atoms with van der Waals surface area (Å²) in [7, 11) is 1.74. The Morgan fingerprint density at radius 3 is 2.33 bits per heavy atom. The highest BCUT2D eigenvalue weighted by Crippen LogP contribution is 2.39. The molecule has 198 valence electrons. The summed E-state index contributed by atoms with van der Waals surface area (Å²) in [5, 5.41) is 17.5. The fourth-order valence-corrected chi connectivity index (χ4v) is 5.14. The van der Waals surface area contributed by atoms with Crippen molar-refractivity contribution in [2.75, 3.05) is 13.7 Å². The molecule has 7 heteroatoms. The van der Waals surface area contributed by atoms with Gasteiger partial charge in [0.2, 0.25) is 5.91 Å². The molecule has 1 fully saturated rings. The van der Waals surface area contributed by atoms with E-state index in [0.717, 1.165) is 31.7 Å². The van der Waals surface area contributed by atoms with Crippen LogP contribution in [-0.2, 0) is 26.9 Å². The second-order valence-corrected chi connectivity index (χ2v) is 11.1. The average Bonchev–Trinajstić information content (AvgIpc) is 2.81. The van der Waals surface area contributed by atoms with Crippen LogP contribution in [0, 0.1) is 11.6 Å². The Bertz CT molecular complexity index is 1010. The van der Waals surface area contributed by atoms with Gasteiger partial charge in [-0.3, -0.25) is 4.79 Å². The Kier molecular flexibility index (Phi) is 9.25. The summed E-state index contributed by atoms with van der Waals surface area (Å²) in [6, 6.07) is 11.1. The van der Waals surface area contributed by atoms with Crippen LogP contribution in [0.3, 0.4) is 0 Å². The second kappa shape index (κ2) is 11.8. The van der Waals surface area contributed by atoms with Crippen LogP contribution in [0.15, 0.2) is 42.5 Å². The van der Waals surface area contributed by atoms with Gasteiger partial charge in [0.25, 0.3) is 0 Å². The molecule has 2 atom stereocenters. The van der Waals surface area contributed by atoms with Gasteiger partial charge in [-0.25, -0.2) is 8.78 Å². The quantitative estimate of drug-likeness (QED) is 0.463. The molecule has 1 amide bonds. The van der Waals surface area contributed by atoms with Gasteiger partial charge >= 0.3 is 0 Å². The normalized spacial score (nSPS) is 22.2. The van der Waals surface area contributed by atoms with Crippen molar-refractivity contribution >= 4 is 5.91 Å². The highest BCUT2D eigenvalue weighted by atomic mass is 19.1. The van der Waals surface area contributed by atoms with Crippen LogP contribution in [0.1, 0.15) is 70.1 Å². The molecule has 2 aromatic rings. The van der Waals surface area contributed by atoms with E-state index >= 15 is 0 Å². The highest BCUT2D eigenvalue weighted by molar-refractivity contribution is 5.73. The Morgan fingerprint density at radius 2 is 1.78 bits per heavy atom. The minimum Gasteiger partial charge on any atom is -0.390 e. The zero-order valence-electron chi connectivity index (χ0n) is 22.0. The molecule has 5 nitrogen and oxygen atoms in total. The van der Waals surface area contributed by atoms with Crippen molar-refractivity contribution in [1.82, 2.24) is 10.6 Å². The number of aliphatic hydroxyl groups excluding tert-OH is 1. The topological polar surface area (TPSA) is 70.6 Å². The lowest BCUT2D eigenvalue weighted by molar-refractivity contribution is -0.120. The molecule has 36 heavy (non-hydrogen) atoms. The third-order valence-electron chi connectivity index (χ3n) is 7.28. The van der Waals surface area contributed by atoms with Crippen molar-refractivity contribution < 1.29 is 23.4 Å². The first-order chi connectivity index (χ1) is 16.9. The van der Waals surface area contributed by atoms with E-state index in [0.29, 0.717) is 5.56 Å². The predicted octanol–water partition coefficient (Wildman–Crippen LogP) is 4.74. The van der Waals surface area contributed by atoms with Gasteiger partial charge in [-0.1, -0.05) is 45.0 Å². The van der Waals surface area contributed by atoms with Crippen molar-refractivity contribution in [2.45, 2.75) is 89.0 Å². The summed E-state index contributed by atoms with van der Waals surface area (Å²) in [4.78, 5) is 11.9. The molecule has 0 aliphatic heterocycles. The predicted molar refractivity (Wildman–Crippen MR) is 138 cm³/mol. The standard InChI is InChI=1S/C29H40F2N2O3/c1-19(34)33-26(15-20-13-23(30)17-24(31)14-20)27(35)18-32-29(11-9-25(36-5)10-12-29)22-8-6-7-21(16-22)28(2,3)4/h6-8,13-14,16-17,25-27,32,35H,9-12,15,18H2,1-5H3,(H,33,34)/t25?,26-,27+,29?/m0/s1. The van der Waals surface area contributed by atoms with E-state index in [1.54, 1.807) is 7.11 Å². The largest absolute Gasteiger partial charge is 0.390 e. The Hall–Kier alpha value is -2.35. The van der Waals surface area contributed by atoms with Crippen LogP contribution >= 0.6 is 0 Å². The van der Waals surface area contributed by atoms with E-state index in [1.165, 1.54) is 30.2 Å². The maximum Gasteiger partial charge on any atom is 0.217 e. The maximum absolute atomic E-state index is 13.7. The molecule has 0 spiro atoms. The van der Waals surface area contributed by atoms with E-state index in [2.05, 4.69) is 55.7 Å². The molecule has 0 heterocycles. The number of hydrogen-bond donors (Lipinski definition) is 3. The second-order valence-electron chi connectivity index (χ2n) is 11.1. The van der Waals surface area contributed by atoms with Gasteiger partial charge in [0.1, 0.15) is 11.6 Å². The third-order valence-corrected chi connectivity index (χ3v) is 7.28. The number of amides is 1. The number of carbonyl (C=O) groups is 1. The van der Waals surface area contributed by atoms with Gasteiger partial charge in [-0.15, -0.1) is 0 Å². The van der Waals surface area contributed by atoms with Crippen LogP contribution < -0.4 is 10.6 Å². The number of methoxy groups -OCH3 is 1.